The Bertz CT molecular complexity index is 684. The van der Waals surface area contributed by atoms with Gasteiger partial charge in [-0.2, -0.15) is 0 Å². The molecule has 1 amide bonds. The Morgan fingerprint density at radius 2 is 2.18 bits per heavy atom. The van der Waals surface area contributed by atoms with Crippen LogP contribution in [0.3, 0.4) is 0 Å². The fraction of sp³-hybridized carbons (Fsp3) is 0.333. The summed E-state index contributed by atoms with van der Waals surface area (Å²) < 4.78 is 10.6. The first-order chi connectivity index (χ1) is 10.6. The molecule has 0 radical (unpaired) electrons. The Morgan fingerprint density at radius 1 is 1.36 bits per heavy atom. The van der Waals surface area contributed by atoms with Crippen molar-refractivity contribution in [3.63, 3.8) is 0 Å². The molecule has 22 heavy (non-hydrogen) atoms. The average Bonchev–Trinajstić information content (AvgIpc) is 3.13. The van der Waals surface area contributed by atoms with Crippen LogP contribution in [0.15, 0.2) is 23.6 Å². The first-order valence-corrected chi connectivity index (χ1v) is 7.90. The van der Waals surface area contributed by atoms with Crippen LogP contribution in [0.5, 0.6) is 11.5 Å². The number of ether oxygens (including phenoxy) is 2. The van der Waals surface area contributed by atoms with Crippen molar-refractivity contribution in [1.29, 1.82) is 0 Å². The fourth-order valence-corrected chi connectivity index (χ4v) is 2.63. The number of hydrogen-bond acceptors (Lipinski definition) is 6. The Kier molecular flexibility index (Phi) is 4.15. The molecule has 1 aromatic heterocycles. The minimum atomic E-state index is -0.149. The molecule has 1 aromatic carbocycles. The van der Waals surface area contributed by atoms with E-state index in [1.807, 2.05) is 32.0 Å². The zero-order chi connectivity index (χ0) is 15.5. The lowest BCUT2D eigenvalue weighted by molar-refractivity contribution is 0.0945. The summed E-state index contributed by atoms with van der Waals surface area (Å²) in [5, 5.41) is 8.42. The molecule has 0 unspecified atom stereocenters. The third kappa shape index (κ3) is 3.30. The number of aromatic nitrogens is 1. The molecule has 0 aliphatic carbocycles. The van der Waals surface area contributed by atoms with E-state index in [2.05, 4.69) is 15.6 Å². The molecule has 1 aliphatic rings. The van der Waals surface area contributed by atoms with Crippen LogP contribution in [-0.4, -0.2) is 24.2 Å². The highest BCUT2D eigenvalue weighted by Crippen LogP contribution is 2.35. The lowest BCUT2D eigenvalue weighted by Crippen LogP contribution is -2.27. The Hall–Kier alpha value is -2.28. The zero-order valence-corrected chi connectivity index (χ0v) is 13.2. The molecule has 116 valence electrons. The first-order valence-electron chi connectivity index (χ1n) is 7.02. The normalized spacial score (nSPS) is 12.5. The van der Waals surface area contributed by atoms with Gasteiger partial charge in [-0.3, -0.25) is 4.79 Å². The maximum Gasteiger partial charge on any atom is 0.270 e. The van der Waals surface area contributed by atoms with Gasteiger partial charge in [0.05, 0.1) is 0 Å². The van der Waals surface area contributed by atoms with E-state index in [1.54, 1.807) is 5.38 Å². The zero-order valence-electron chi connectivity index (χ0n) is 12.4. The van der Waals surface area contributed by atoms with E-state index in [0.717, 1.165) is 11.4 Å². The molecule has 0 saturated heterocycles. The Morgan fingerprint density at radius 3 is 3.00 bits per heavy atom. The standard InChI is InChI=1S/C15H17N3O3S/c1-9(2)6-16-14(19)11-7-22-15(18-11)17-10-3-4-12-13(5-10)21-8-20-12/h3-5,7,9H,6,8H2,1-2H3,(H,16,19)(H,17,18). The van der Waals surface area contributed by atoms with Crippen molar-refractivity contribution in [2.75, 3.05) is 18.7 Å². The van der Waals surface area contributed by atoms with Gasteiger partial charge in [0.15, 0.2) is 16.6 Å². The smallest absolute Gasteiger partial charge is 0.270 e. The van der Waals surface area contributed by atoms with E-state index >= 15 is 0 Å². The predicted octanol–water partition coefficient (Wildman–Crippen LogP) is 3.00. The van der Waals surface area contributed by atoms with Gasteiger partial charge in [0.1, 0.15) is 5.69 Å². The molecule has 2 aromatic rings. The van der Waals surface area contributed by atoms with Crippen LogP contribution in [-0.2, 0) is 0 Å². The van der Waals surface area contributed by atoms with Crippen molar-refractivity contribution in [2.24, 2.45) is 5.92 Å². The van der Waals surface area contributed by atoms with Gasteiger partial charge in [-0.1, -0.05) is 13.8 Å². The molecule has 6 nitrogen and oxygen atoms in total. The van der Waals surface area contributed by atoms with Crippen molar-refractivity contribution >= 4 is 28.1 Å². The van der Waals surface area contributed by atoms with Crippen molar-refractivity contribution < 1.29 is 14.3 Å². The number of benzene rings is 1. The Labute approximate surface area is 132 Å². The number of carbonyl (C=O) groups excluding carboxylic acids is 1. The molecular weight excluding hydrogens is 302 g/mol. The SMILES string of the molecule is CC(C)CNC(=O)c1csc(Nc2ccc3c(c2)OCO3)n1. The van der Waals surface area contributed by atoms with Crippen LogP contribution >= 0.6 is 11.3 Å². The summed E-state index contributed by atoms with van der Waals surface area (Å²) in [7, 11) is 0. The quantitative estimate of drug-likeness (QED) is 0.886. The first kappa shape index (κ1) is 14.6. The van der Waals surface area contributed by atoms with Gasteiger partial charge in [0.2, 0.25) is 6.79 Å². The minimum Gasteiger partial charge on any atom is -0.454 e. The van der Waals surface area contributed by atoms with Gasteiger partial charge in [0.25, 0.3) is 5.91 Å². The molecule has 1 aliphatic heterocycles. The van der Waals surface area contributed by atoms with Gasteiger partial charge < -0.3 is 20.1 Å². The molecule has 0 saturated carbocycles. The van der Waals surface area contributed by atoms with E-state index < -0.39 is 0 Å². The minimum absolute atomic E-state index is 0.149. The second kappa shape index (κ2) is 6.23. The number of amides is 1. The van der Waals surface area contributed by atoms with Gasteiger partial charge in [-0.05, 0) is 18.1 Å². The highest BCUT2D eigenvalue weighted by molar-refractivity contribution is 7.14. The van der Waals surface area contributed by atoms with Gasteiger partial charge in [-0.25, -0.2) is 4.98 Å². The summed E-state index contributed by atoms with van der Waals surface area (Å²) in [5.41, 5.74) is 1.27. The summed E-state index contributed by atoms with van der Waals surface area (Å²) in [6, 6.07) is 5.57. The lowest BCUT2D eigenvalue weighted by Gasteiger charge is -2.05. The van der Waals surface area contributed by atoms with Gasteiger partial charge in [0, 0.05) is 23.7 Å². The van der Waals surface area contributed by atoms with Crippen LogP contribution in [0, 0.1) is 5.92 Å². The van der Waals surface area contributed by atoms with E-state index in [0.29, 0.717) is 29.0 Å². The van der Waals surface area contributed by atoms with E-state index in [9.17, 15) is 4.79 Å². The molecule has 0 bridgehead atoms. The average molecular weight is 319 g/mol. The number of hydrogen-bond donors (Lipinski definition) is 2. The van der Waals surface area contributed by atoms with E-state index in [1.165, 1.54) is 11.3 Å². The number of rotatable bonds is 5. The van der Waals surface area contributed by atoms with Crippen LogP contribution in [0.25, 0.3) is 0 Å². The third-order valence-corrected chi connectivity index (χ3v) is 3.79. The van der Waals surface area contributed by atoms with Crippen molar-refractivity contribution in [3.8, 4) is 11.5 Å². The summed E-state index contributed by atoms with van der Waals surface area (Å²) in [6.45, 7) is 4.99. The Balaban J connectivity index is 1.65. The number of thiazole rings is 1. The molecule has 3 rings (SSSR count). The monoisotopic (exact) mass is 319 g/mol. The van der Waals surface area contributed by atoms with Crippen molar-refractivity contribution in [3.05, 3.63) is 29.3 Å². The number of nitrogens with zero attached hydrogens (tertiary/aromatic N) is 1. The maximum atomic E-state index is 11.9. The second-order valence-electron chi connectivity index (χ2n) is 5.33. The number of nitrogens with one attached hydrogen (secondary N) is 2. The molecule has 7 heteroatoms. The molecule has 0 spiro atoms. The summed E-state index contributed by atoms with van der Waals surface area (Å²) in [6.07, 6.45) is 0. The molecular formula is C15H17N3O3S. The highest BCUT2D eigenvalue weighted by atomic mass is 32.1. The predicted molar refractivity (Wildman–Crippen MR) is 85.1 cm³/mol. The fourth-order valence-electron chi connectivity index (χ4n) is 1.92. The topological polar surface area (TPSA) is 72.5 Å². The largest absolute Gasteiger partial charge is 0.454 e. The second-order valence-corrected chi connectivity index (χ2v) is 6.19. The van der Waals surface area contributed by atoms with Crippen molar-refractivity contribution in [2.45, 2.75) is 13.8 Å². The third-order valence-electron chi connectivity index (χ3n) is 3.03. The summed E-state index contributed by atoms with van der Waals surface area (Å²) >= 11 is 1.39. The lowest BCUT2D eigenvalue weighted by atomic mass is 10.2. The molecule has 2 N–H and O–H groups in total. The maximum absolute atomic E-state index is 11.9. The number of carbonyl (C=O) groups is 1. The molecule has 0 fully saturated rings. The molecule has 0 atom stereocenters. The van der Waals surface area contributed by atoms with E-state index in [4.69, 9.17) is 9.47 Å². The summed E-state index contributed by atoms with van der Waals surface area (Å²) in [4.78, 5) is 16.2. The van der Waals surface area contributed by atoms with E-state index in [-0.39, 0.29) is 12.7 Å². The highest BCUT2D eigenvalue weighted by Gasteiger charge is 2.15. The summed E-state index contributed by atoms with van der Waals surface area (Å²) in [5.74, 6) is 1.70. The van der Waals surface area contributed by atoms with Crippen LogP contribution in [0.4, 0.5) is 10.8 Å². The van der Waals surface area contributed by atoms with Crippen molar-refractivity contribution in [1.82, 2.24) is 10.3 Å². The number of anilines is 2. The molecule has 2 heterocycles. The van der Waals surface area contributed by atoms with Crippen LogP contribution < -0.4 is 20.1 Å². The number of fused-ring (bicyclic) bond motifs is 1. The van der Waals surface area contributed by atoms with Crippen LogP contribution in [0.1, 0.15) is 24.3 Å². The van der Waals surface area contributed by atoms with Gasteiger partial charge in [-0.15, -0.1) is 11.3 Å². The van der Waals surface area contributed by atoms with Gasteiger partial charge >= 0.3 is 0 Å². The van der Waals surface area contributed by atoms with Crippen LogP contribution in [0.2, 0.25) is 0 Å².